The molecule has 0 aromatic heterocycles. The maximum atomic E-state index is 11.9. The molecule has 0 saturated carbocycles. The maximum Gasteiger partial charge on any atom is 0.328 e. The summed E-state index contributed by atoms with van der Waals surface area (Å²) in [6.45, 7) is 4.37. The van der Waals surface area contributed by atoms with E-state index in [1.807, 2.05) is 4.90 Å². The van der Waals surface area contributed by atoms with Crippen LogP contribution in [0.2, 0.25) is 0 Å². The van der Waals surface area contributed by atoms with Gasteiger partial charge in [-0.15, -0.1) is 6.58 Å². The van der Waals surface area contributed by atoms with Gasteiger partial charge in [-0.2, -0.15) is 0 Å². The second-order valence-corrected chi connectivity index (χ2v) is 6.49. The number of alkyl halides is 3. The molecule has 16 heavy (non-hydrogen) atoms. The lowest BCUT2D eigenvalue weighted by Crippen LogP contribution is -2.48. The molecule has 2 rings (SSSR count). The van der Waals surface area contributed by atoms with Gasteiger partial charge in [0.2, 0.25) is 10.0 Å². The van der Waals surface area contributed by atoms with E-state index < -0.39 is 15.6 Å². The van der Waals surface area contributed by atoms with Gasteiger partial charge in [0.15, 0.2) is 0 Å². The fraction of sp³-hybridized carbons (Fsp3) is 0.700. The van der Waals surface area contributed by atoms with E-state index in [2.05, 4.69) is 6.58 Å². The Labute approximate surface area is 109 Å². The number of nitrogens with zero attached hydrogens (tertiary/aromatic N) is 1. The molecule has 2 fully saturated rings. The van der Waals surface area contributed by atoms with Crippen LogP contribution < -0.4 is 0 Å². The van der Waals surface area contributed by atoms with Gasteiger partial charge in [0, 0.05) is 6.54 Å². The minimum absolute atomic E-state index is 0.304. The molecule has 0 N–H and O–H groups in total. The lowest BCUT2D eigenvalue weighted by molar-refractivity contribution is -0.145. The number of carbonyl (C=O) groups is 1. The van der Waals surface area contributed by atoms with Gasteiger partial charge in [-0.3, -0.25) is 0 Å². The van der Waals surface area contributed by atoms with Crippen LogP contribution in [0.4, 0.5) is 0 Å². The molecule has 0 amide bonds. The van der Waals surface area contributed by atoms with Crippen molar-refractivity contribution in [3.8, 4) is 0 Å². The number of rotatable bonds is 2. The van der Waals surface area contributed by atoms with Gasteiger partial charge in [0.05, 0.1) is 0 Å². The standard InChI is InChI=1S/C10H12Cl3NO2/c1-2-4-9-5-3-6-14(9)7(10(11,12)13)16-8(9)15/h2,7H,1,3-6H2/t7-,9-/m1/s1. The first-order chi connectivity index (χ1) is 7.42. The van der Waals surface area contributed by atoms with Crippen LogP contribution in [0.15, 0.2) is 12.7 Å². The third-order valence-electron chi connectivity index (χ3n) is 3.18. The summed E-state index contributed by atoms with van der Waals surface area (Å²) < 4.78 is 3.58. The van der Waals surface area contributed by atoms with Crippen molar-refractivity contribution in [2.24, 2.45) is 0 Å². The molecule has 3 nitrogen and oxygen atoms in total. The van der Waals surface area contributed by atoms with E-state index in [4.69, 9.17) is 39.5 Å². The van der Waals surface area contributed by atoms with Gasteiger partial charge < -0.3 is 4.74 Å². The molecule has 0 unspecified atom stereocenters. The van der Waals surface area contributed by atoms with Crippen molar-refractivity contribution in [2.75, 3.05) is 6.54 Å². The predicted octanol–water partition coefficient (Wildman–Crippen LogP) is 2.65. The lowest BCUT2D eigenvalue weighted by Gasteiger charge is -2.31. The predicted molar refractivity (Wildman–Crippen MR) is 63.7 cm³/mol. The van der Waals surface area contributed by atoms with Gasteiger partial charge in [0.1, 0.15) is 5.54 Å². The second kappa shape index (κ2) is 4.05. The summed E-state index contributed by atoms with van der Waals surface area (Å²) in [5.41, 5.74) is -0.656. The van der Waals surface area contributed by atoms with Crippen molar-refractivity contribution >= 4 is 40.8 Å². The molecule has 6 heteroatoms. The Kier molecular flexibility index (Phi) is 3.17. The Balaban J connectivity index is 2.32. The van der Waals surface area contributed by atoms with E-state index in [0.29, 0.717) is 13.0 Å². The SMILES string of the molecule is C=CC[C@]12CCCN1[C@@H](C(Cl)(Cl)Cl)OC2=O. The number of cyclic esters (lactones) is 1. The van der Waals surface area contributed by atoms with Crippen LogP contribution in [-0.4, -0.2) is 33.0 Å². The zero-order valence-corrected chi connectivity index (χ0v) is 10.9. The monoisotopic (exact) mass is 283 g/mol. The molecule has 0 aromatic rings. The summed E-state index contributed by atoms with van der Waals surface area (Å²) in [4.78, 5) is 13.8. The number of carbonyl (C=O) groups excluding carboxylic acids is 1. The van der Waals surface area contributed by atoms with Crippen molar-refractivity contribution in [1.82, 2.24) is 4.90 Å². The number of hydrogen-bond acceptors (Lipinski definition) is 3. The molecule has 0 spiro atoms. The molecule has 90 valence electrons. The van der Waals surface area contributed by atoms with E-state index in [9.17, 15) is 4.79 Å². The third kappa shape index (κ3) is 1.74. The first-order valence-corrected chi connectivity index (χ1v) is 6.21. The van der Waals surface area contributed by atoms with E-state index in [-0.39, 0.29) is 5.97 Å². The molecule has 2 aliphatic heterocycles. The summed E-state index contributed by atoms with van der Waals surface area (Å²) in [5, 5.41) is 0. The van der Waals surface area contributed by atoms with Crippen LogP contribution in [0.3, 0.4) is 0 Å². The zero-order chi connectivity index (χ0) is 12.0. The lowest BCUT2D eigenvalue weighted by atomic mass is 9.93. The Bertz CT molecular complexity index is 329. The fourth-order valence-corrected chi connectivity index (χ4v) is 3.01. The van der Waals surface area contributed by atoms with Crippen LogP contribution >= 0.6 is 34.8 Å². The number of esters is 1. The quantitative estimate of drug-likeness (QED) is 0.443. The van der Waals surface area contributed by atoms with Crippen LogP contribution in [0.1, 0.15) is 19.3 Å². The first kappa shape index (κ1) is 12.5. The van der Waals surface area contributed by atoms with Crippen molar-refractivity contribution < 1.29 is 9.53 Å². The van der Waals surface area contributed by atoms with Gasteiger partial charge >= 0.3 is 5.97 Å². The second-order valence-electron chi connectivity index (χ2n) is 4.12. The van der Waals surface area contributed by atoms with Gasteiger partial charge in [-0.1, -0.05) is 40.9 Å². The molecule has 0 aromatic carbocycles. The highest BCUT2D eigenvalue weighted by atomic mass is 35.6. The highest BCUT2D eigenvalue weighted by Crippen LogP contribution is 2.47. The van der Waals surface area contributed by atoms with Crippen molar-refractivity contribution in [3.05, 3.63) is 12.7 Å². The maximum absolute atomic E-state index is 11.9. The van der Waals surface area contributed by atoms with E-state index in [1.54, 1.807) is 6.08 Å². The number of halogens is 3. The molecular weight excluding hydrogens is 272 g/mol. The van der Waals surface area contributed by atoms with Crippen LogP contribution in [0, 0.1) is 0 Å². The minimum Gasteiger partial charge on any atom is -0.440 e. The Hall–Kier alpha value is 0.0400. The van der Waals surface area contributed by atoms with E-state index in [1.165, 1.54) is 0 Å². The van der Waals surface area contributed by atoms with Crippen LogP contribution in [-0.2, 0) is 9.53 Å². The molecule has 0 bridgehead atoms. The fourth-order valence-electron chi connectivity index (χ4n) is 2.52. The largest absolute Gasteiger partial charge is 0.440 e. The Morgan fingerprint density at radius 3 is 2.88 bits per heavy atom. The zero-order valence-electron chi connectivity index (χ0n) is 8.59. The Morgan fingerprint density at radius 1 is 1.62 bits per heavy atom. The van der Waals surface area contributed by atoms with Crippen molar-refractivity contribution in [1.29, 1.82) is 0 Å². The van der Waals surface area contributed by atoms with Crippen LogP contribution in [0.5, 0.6) is 0 Å². The topological polar surface area (TPSA) is 29.5 Å². The number of hydrogen-bond donors (Lipinski definition) is 0. The molecule has 2 saturated heterocycles. The summed E-state index contributed by atoms with van der Waals surface area (Å²) in [6, 6.07) is 0. The molecule has 0 radical (unpaired) electrons. The molecule has 2 heterocycles. The minimum atomic E-state index is -1.61. The van der Waals surface area contributed by atoms with Crippen molar-refractivity contribution in [2.45, 2.75) is 34.8 Å². The molecule has 2 aliphatic rings. The smallest absolute Gasteiger partial charge is 0.328 e. The Morgan fingerprint density at radius 2 is 2.31 bits per heavy atom. The average Bonchev–Trinajstić information content (AvgIpc) is 2.66. The molecular formula is C10H12Cl3NO2. The highest BCUT2D eigenvalue weighted by Gasteiger charge is 2.61. The van der Waals surface area contributed by atoms with E-state index >= 15 is 0 Å². The van der Waals surface area contributed by atoms with Crippen molar-refractivity contribution in [3.63, 3.8) is 0 Å². The molecule has 0 aliphatic carbocycles. The van der Waals surface area contributed by atoms with Gasteiger partial charge in [-0.05, 0) is 19.3 Å². The van der Waals surface area contributed by atoms with Gasteiger partial charge in [0.25, 0.3) is 0 Å². The third-order valence-corrected chi connectivity index (χ3v) is 3.74. The van der Waals surface area contributed by atoms with Gasteiger partial charge in [-0.25, -0.2) is 9.69 Å². The average molecular weight is 285 g/mol. The molecule has 2 atom stereocenters. The van der Waals surface area contributed by atoms with Crippen LogP contribution in [0.25, 0.3) is 0 Å². The number of fused-ring (bicyclic) bond motifs is 1. The summed E-state index contributed by atoms with van der Waals surface area (Å²) in [7, 11) is 0. The summed E-state index contributed by atoms with van der Waals surface area (Å²) in [6.07, 6.45) is 3.09. The summed E-state index contributed by atoms with van der Waals surface area (Å²) in [5.74, 6) is -0.304. The summed E-state index contributed by atoms with van der Waals surface area (Å²) >= 11 is 17.5. The first-order valence-electron chi connectivity index (χ1n) is 5.07. The number of ether oxygens (including phenoxy) is 1. The highest BCUT2D eigenvalue weighted by molar-refractivity contribution is 6.68. The normalized spacial score (nSPS) is 34.9. The van der Waals surface area contributed by atoms with E-state index in [0.717, 1.165) is 12.8 Å².